The Hall–Kier alpha value is -3.12. The molecule has 0 radical (unpaired) electrons. The Kier molecular flexibility index (Phi) is 7.39. The first-order valence-electron chi connectivity index (χ1n) is 8.13. The van der Waals surface area contributed by atoms with Gasteiger partial charge in [0.1, 0.15) is 5.75 Å². The van der Waals surface area contributed by atoms with Crippen LogP contribution in [0.15, 0.2) is 54.6 Å². The van der Waals surface area contributed by atoms with Crippen molar-refractivity contribution in [2.24, 2.45) is 0 Å². The third-order valence-corrected chi connectivity index (χ3v) is 3.56. The number of amides is 2. The zero-order chi connectivity index (χ0) is 18.8. The van der Waals surface area contributed by atoms with Crippen molar-refractivity contribution in [2.45, 2.75) is 0 Å². The van der Waals surface area contributed by atoms with Gasteiger partial charge < -0.3 is 20.1 Å². The lowest BCUT2D eigenvalue weighted by atomic mass is 10.1. The second kappa shape index (κ2) is 10.0. The number of benzene rings is 2. The molecule has 0 unspecified atom stereocenters. The first-order valence-corrected chi connectivity index (χ1v) is 8.13. The Morgan fingerprint density at radius 3 is 2.46 bits per heavy atom. The number of methoxy groups -OCH3 is 2. The SMILES string of the molecule is COCCNC(=O)c1ccc(NC(=O)/C=C/c2ccccc2OC)cc1. The van der Waals surface area contributed by atoms with Crippen LogP contribution in [0.5, 0.6) is 5.75 Å². The molecule has 2 aromatic rings. The molecule has 136 valence electrons. The summed E-state index contributed by atoms with van der Waals surface area (Å²) in [6.45, 7) is 0.903. The quantitative estimate of drug-likeness (QED) is 0.564. The van der Waals surface area contributed by atoms with Crippen LogP contribution in [0.1, 0.15) is 15.9 Å². The summed E-state index contributed by atoms with van der Waals surface area (Å²) in [6.07, 6.45) is 3.12. The van der Waals surface area contributed by atoms with Gasteiger partial charge >= 0.3 is 0 Å². The van der Waals surface area contributed by atoms with Gasteiger partial charge in [0, 0.05) is 36.5 Å². The summed E-state index contributed by atoms with van der Waals surface area (Å²) in [6, 6.07) is 14.1. The third kappa shape index (κ3) is 5.75. The third-order valence-electron chi connectivity index (χ3n) is 3.56. The van der Waals surface area contributed by atoms with Crippen LogP contribution in [0.3, 0.4) is 0 Å². The molecule has 0 atom stereocenters. The van der Waals surface area contributed by atoms with E-state index in [1.54, 1.807) is 44.6 Å². The molecule has 0 bridgehead atoms. The van der Waals surface area contributed by atoms with E-state index in [0.717, 1.165) is 5.56 Å². The van der Waals surface area contributed by atoms with E-state index >= 15 is 0 Å². The molecule has 26 heavy (non-hydrogen) atoms. The molecule has 0 fully saturated rings. The molecule has 6 heteroatoms. The minimum atomic E-state index is -0.270. The van der Waals surface area contributed by atoms with Crippen molar-refractivity contribution in [3.8, 4) is 5.75 Å². The fourth-order valence-corrected chi connectivity index (χ4v) is 2.23. The molecule has 6 nitrogen and oxygen atoms in total. The van der Waals surface area contributed by atoms with E-state index < -0.39 is 0 Å². The van der Waals surface area contributed by atoms with E-state index in [1.807, 2.05) is 24.3 Å². The molecule has 0 aliphatic heterocycles. The van der Waals surface area contributed by atoms with Crippen LogP contribution in [0.25, 0.3) is 6.08 Å². The monoisotopic (exact) mass is 354 g/mol. The lowest BCUT2D eigenvalue weighted by molar-refractivity contribution is -0.111. The average Bonchev–Trinajstić information content (AvgIpc) is 2.67. The molecule has 2 amide bonds. The van der Waals surface area contributed by atoms with Crippen molar-refractivity contribution < 1.29 is 19.1 Å². The normalized spacial score (nSPS) is 10.5. The highest BCUT2D eigenvalue weighted by molar-refractivity contribution is 6.02. The Morgan fingerprint density at radius 1 is 1.04 bits per heavy atom. The molecule has 2 N–H and O–H groups in total. The van der Waals surface area contributed by atoms with E-state index in [-0.39, 0.29) is 11.8 Å². The smallest absolute Gasteiger partial charge is 0.251 e. The zero-order valence-corrected chi connectivity index (χ0v) is 14.8. The van der Waals surface area contributed by atoms with Crippen molar-refractivity contribution in [2.75, 3.05) is 32.7 Å². The van der Waals surface area contributed by atoms with E-state index in [4.69, 9.17) is 9.47 Å². The predicted octanol–water partition coefficient (Wildman–Crippen LogP) is 2.72. The predicted molar refractivity (Wildman–Crippen MR) is 101 cm³/mol. The summed E-state index contributed by atoms with van der Waals surface area (Å²) >= 11 is 0. The number of para-hydroxylation sites is 1. The van der Waals surface area contributed by atoms with Crippen LogP contribution in [0, 0.1) is 0 Å². The highest BCUT2D eigenvalue weighted by Gasteiger charge is 2.05. The standard InChI is InChI=1S/C20H22N2O4/c1-25-14-13-21-20(24)16-7-10-17(11-8-16)22-19(23)12-9-15-5-3-4-6-18(15)26-2/h3-12H,13-14H2,1-2H3,(H,21,24)(H,22,23)/b12-9+. The largest absolute Gasteiger partial charge is 0.496 e. The van der Waals surface area contributed by atoms with E-state index in [9.17, 15) is 9.59 Å². The molecule has 2 rings (SSSR count). The van der Waals surface area contributed by atoms with Crippen molar-refractivity contribution in [3.63, 3.8) is 0 Å². The summed E-state index contributed by atoms with van der Waals surface area (Å²) in [4.78, 5) is 23.9. The maximum atomic E-state index is 12.0. The maximum absolute atomic E-state index is 12.0. The minimum absolute atomic E-state index is 0.184. The lowest BCUT2D eigenvalue weighted by Gasteiger charge is -2.06. The summed E-state index contributed by atoms with van der Waals surface area (Å²) in [5.74, 6) is 0.240. The molecule has 0 saturated carbocycles. The fourth-order valence-electron chi connectivity index (χ4n) is 2.23. The van der Waals surface area contributed by atoms with Crippen LogP contribution in [0.4, 0.5) is 5.69 Å². The second-order valence-corrected chi connectivity index (χ2v) is 5.39. The Morgan fingerprint density at radius 2 is 1.77 bits per heavy atom. The Labute approximate surface area is 152 Å². The molecule has 0 aliphatic carbocycles. The van der Waals surface area contributed by atoms with Crippen molar-refractivity contribution in [1.82, 2.24) is 5.32 Å². The summed E-state index contributed by atoms with van der Waals surface area (Å²) < 4.78 is 10.1. The summed E-state index contributed by atoms with van der Waals surface area (Å²) in [5, 5.41) is 5.48. The van der Waals surface area contributed by atoms with Gasteiger partial charge in [-0.25, -0.2) is 0 Å². The highest BCUT2D eigenvalue weighted by atomic mass is 16.5. The fraction of sp³-hybridized carbons (Fsp3) is 0.200. The van der Waals surface area contributed by atoms with Crippen LogP contribution in [-0.4, -0.2) is 39.2 Å². The second-order valence-electron chi connectivity index (χ2n) is 5.39. The molecule has 0 saturated heterocycles. The van der Waals surface area contributed by atoms with Gasteiger partial charge in [-0.05, 0) is 36.4 Å². The Balaban J connectivity index is 1.93. The molecule has 0 aliphatic rings. The number of anilines is 1. The summed E-state index contributed by atoms with van der Waals surface area (Å²) in [7, 11) is 3.16. The minimum Gasteiger partial charge on any atom is -0.496 e. The van der Waals surface area contributed by atoms with Gasteiger partial charge in [0.15, 0.2) is 0 Å². The average molecular weight is 354 g/mol. The molecule has 0 aromatic heterocycles. The maximum Gasteiger partial charge on any atom is 0.251 e. The number of carbonyl (C=O) groups excluding carboxylic acids is 2. The van der Waals surface area contributed by atoms with Gasteiger partial charge in [0.05, 0.1) is 13.7 Å². The van der Waals surface area contributed by atoms with Crippen LogP contribution < -0.4 is 15.4 Å². The van der Waals surface area contributed by atoms with Gasteiger partial charge in [-0.3, -0.25) is 9.59 Å². The first kappa shape index (κ1) is 19.2. The van der Waals surface area contributed by atoms with Crippen molar-refractivity contribution in [1.29, 1.82) is 0 Å². The van der Waals surface area contributed by atoms with Crippen molar-refractivity contribution in [3.05, 3.63) is 65.7 Å². The van der Waals surface area contributed by atoms with E-state index in [0.29, 0.717) is 30.2 Å². The number of carbonyl (C=O) groups is 2. The first-order chi connectivity index (χ1) is 12.6. The van der Waals surface area contributed by atoms with Crippen LogP contribution >= 0.6 is 0 Å². The van der Waals surface area contributed by atoms with Crippen molar-refractivity contribution >= 4 is 23.6 Å². The number of hydrogen-bond donors (Lipinski definition) is 2. The van der Waals surface area contributed by atoms with Gasteiger partial charge in [-0.2, -0.15) is 0 Å². The number of hydrogen-bond acceptors (Lipinski definition) is 4. The van der Waals surface area contributed by atoms with Gasteiger partial charge in [-0.1, -0.05) is 18.2 Å². The van der Waals surface area contributed by atoms with Crippen LogP contribution in [0.2, 0.25) is 0 Å². The molecular weight excluding hydrogens is 332 g/mol. The number of rotatable bonds is 8. The number of nitrogens with one attached hydrogen (secondary N) is 2. The van der Waals surface area contributed by atoms with Gasteiger partial charge in [0.2, 0.25) is 5.91 Å². The van der Waals surface area contributed by atoms with Gasteiger partial charge in [0.25, 0.3) is 5.91 Å². The molecule has 2 aromatic carbocycles. The molecular formula is C20H22N2O4. The zero-order valence-electron chi connectivity index (χ0n) is 14.8. The Bertz CT molecular complexity index is 770. The molecule has 0 heterocycles. The molecule has 0 spiro atoms. The van der Waals surface area contributed by atoms with E-state index in [1.165, 1.54) is 6.08 Å². The highest BCUT2D eigenvalue weighted by Crippen LogP contribution is 2.18. The number of ether oxygens (including phenoxy) is 2. The lowest BCUT2D eigenvalue weighted by Crippen LogP contribution is -2.26. The summed E-state index contributed by atoms with van der Waals surface area (Å²) in [5.41, 5.74) is 1.94. The van der Waals surface area contributed by atoms with Crippen LogP contribution in [-0.2, 0) is 9.53 Å². The topological polar surface area (TPSA) is 76.7 Å². The van der Waals surface area contributed by atoms with E-state index in [2.05, 4.69) is 10.6 Å². The van der Waals surface area contributed by atoms with Gasteiger partial charge in [-0.15, -0.1) is 0 Å².